The molecule has 0 radical (unpaired) electrons. The highest BCUT2D eigenvalue weighted by atomic mass is 32.2. The van der Waals surface area contributed by atoms with Gasteiger partial charge >= 0.3 is 0 Å². The molecule has 4 aliphatic carbocycles. The third-order valence-corrected chi connectivity index (χ3v) is 12.6. The third kappa shape index (κ3) is 5.14. The molecular formula is C34H50OS. The topological polar surface area (TPSA) is 17.1 Å². The van der Waals surface area contributed by atoms with Crippen molar-refractivity contribution < 1.29 is 4.79 Å². The Kier molecular flexibility index (Phi) is 8.41. The molecule has 3 saturated carbocycles. The number of carbonyl (C=O) groups excluding carboxylic acids is 1. The Morgan fingerprint density at radius 1 is 0.917 bits per heavy atom. The van der Waals surface area contributed by atoms with Crippen LogP contribution >= 0.6 is 11.8 Å². The van der Waals surface area contributed by atoms with Crippen LogP contribution in [0.4, 0.5) is 0 Å². The molecule has 0 saturated heterocycles. The number of rotatable bonds is 9. The molecule has 2 heteroatoms. The molecule has 1 aromatic rings. The largest absolute Gasteiger partial charge is 0.282 e. The first-order chi connectivity index (χ1) is 17.5. The predicted octanol–water partition coefficient (Wildman–Crippen LogP) is 10.3. The lowest BCUT2D eigenvalue weighted by Gasteiger charge is -2.58. The van der Waals surface area contributed by atoms with Crippen LogP contribution in [-0.4, -0.2) is 10.4 Å². The highest BCUT2D eigenvalue weighted by Gasteiger charge is 2.58. The first kappa shape index (κ1) is 26.6. The van der Waals surface area contributed by atoms with E-state index in [4.69, 9.17) is 0 Å². The van der Waals surface area contributed by atoms with Gasteiger partial charge in [0.25, 0.3) is 0 Å². The van der Waals surface area contributed by atoms with Crippen molar-refractivity contribution in [2.75, 3.05) is 0 Å². The van der Waals surface area contributed by atoms with E-state index >= 15 is 0 Å². The Hall–Kier alpha value is -1.02. The summed E-state index contributed by atoms with van der Waals surface area (Å²) in [4.78, 5) is 12.9. The zero-order chi connectivity index (χ0) is 25.2. The zero-order valence-electron chi connectivity index (χ0n) is 23.3. The standard InChI is InChI=1S/C34H50OS/c1-4-5-6-7-8-12-15-26-17-19-30-29-18-16-27-24-28(36-32(35)25-13-10-9-11-14-25)20-22-34(27,3)31(29)21-23-33(26,30)2/h9-11,13-14,16,26,28-31H,4-8,12,15,17-24H2,1-3H3/t26-,28-,29+,30-,31-,33+,34-/m0/s1. The molecule has 1 nitrogen and oxygen atoms in total. The van der Waals surface area contributed by atoms with Gasteiger partial charge in [-0.15, -0.1) is 0 Å². The average Bonchev–Trinajstić information content (AvgIpc) is 3.23. The molecule has 36 heavy (non-hydrogen) atoms. The van der Waals surface area contributed by atoms with E-state index in [1.165, 1.54) is 89.9 Å². The van der Waals surface area contributed by atoms with Crippen molar-refractivity contribution in [3.63, 3.8) is 0 Å². The van der Waals surface area contributed by atoms with E-state index in [1.807, 2.05) is 30.3 Å². The summed E-state index contributed by atoms with van der Waals surface area (Å²) >= 11 is 1.61. The fourth-order valence-electron chi connectivity index (χ4n) is 9.28. The van der Waals surface area contributed by atoms with Crippen molar-refractivity contribution >= 4 is 16.9 Å². The van der Waals surface area contributed by atoms with Gasteiger partial charge in [-0.05, 0) is 92.3 Å². The van der Waals surface area contributed by atoms with Gasteiger partial charge in [-0.2, -0.15) is 0 Å². The van der Waals surface area contributed by atoms with Crippen molar-refractivity contribution in [1.29, 1.82) is 0 Å². The number of thioether (sulfide) groups is 1. The molecule has 0 amide bonds. The van der Waals surface area contributed by atoms with Crippen LogP contribution in [0.15, 0.2) is 42.0 Å². The quantitative estimate of drug-likeness (QED) is 0.245. The number of carbonyl (C=O) groups is 1. The summed E-state index contributed by atoms with van der Waals surface area (Å²) in [5.41, 5.74) is 3.55. The lowest BCUT2D eigenvalue weighted by molar-refractivity contribution is -0.0421. The third-order valence-electron chi connectivity index (χ3n) is 11.4. The molecule has 4 aliphatic rings. The van der Waals surface area contributed by atoms with Gasteiger partial charge in [0.2, 0.25) is 5.12 Å². The van der Waals surface area contributed by atoms with Crippen LogP contribution < -0.4 is 0 Å². The fourth-order valence-corrected chi connectivity index (χ4v) is 10.3. The number of allylic oxidation sites excluding steroid dienone is 2. The summed E-state index contributed by atoms with van der Waals surface area (Å²) in [6, 6.07) is 9.88. The Morgan fingerprint density at radius 2 is 1.69 bits per heavy atom. The summed E-state index contributed by atoms with van der Waals surface area (Å²) in [6.07, 6.45) is 23.6. The van der Waals surface area contributed by atoms with Crippen LogP contribution in [0.1, 0.15) is 127 Å². The number of hydrogen-bond acceptors (Lipinski definition) is 2. The van der Waals surface area contributed by atoms with E-state index in [0.717, 1.165) is 35.7 Å². The Labute approximate surface area is 225 Å². The Bertz CT molecular complexity index is 920. The van der Waals surface area contributed by atoms with E-state index in [-0.39, 0.29) is 5.12 Å². The minimum atomic E-state index is 0.259. The van der Waals surface area contributed by atoms with Gasteiger partial charge in [-0.1, -0.05) is 113 Å². The summed E-state index contributed by atoms with van der Waals surface area (Å²) in [5, 5.41) is 0.713. The molecule has 0 bridgehead atoms. The lowest BCUT2D eigenvalue weighted by Crippen LogP contribution is -2.50. The van der Waals surface area contributed by atoms with Crippen molar-refractivity contribution in [2.24, 2.45) is 34.5 Å². The zero-order valence-corrected chi connectivity index (χ0v) is 24.1. The Morgan fingerprint density at radius 3 is 2.50 bits per heavy atom. The number of fused-ring (bicyclic) bond motifs is 5. The number of benzene rings is 1. The molecular weight excluding hydrogens is 456 g/mol. The van der Waals surface area contributed by atoms with Crippen LogP contribution in [0, 0.1) is 34.5 Å². The monoisotopic (exact) mass is 506 g/mol. The molecule has 0 spiro atoms. The van der Waals surface area contributed by atoms with Gasteiger partial charge in [0.15, 0.2) is 0 Å². The molecule has 3 fully saturated rings. The van der Waals surface area contributed by atoms with Crippen LogP contribution in [0.5, 0.6) is 0 Å². The van der Waals surface area contributed by atoms with E-state index in [0.29, 0.717) is 16.1 Å². The van der Waals surface area contributed by atoms with Crippen LogP contribution in [0.3, 0.4) is 0 Å². The van der Waals surface area contributed by atoms with Crippen LogP contribution in [0.2, 0.25) is 0 Å². The second-order valence-corrected chi connectivity index (χ2v) is 14.5. The summed E-state index contributed by atoms with van der Waals surface area (Å²) in [7, 11) is 0. The average molecular weight is 507 g/mol. The maximum atomic E-state index is 12.9. The first-order valence-corrected chi connectivity index (χ1v) is 16.3. The minimum absolute atomic E-state index is 0.259. The fraction of sp³-hybridized carbons (Fsp3) is 0.735. The van der Waals surface area contributed by atoms with Crippen molar-refractivity contribution in [3.8, 4) is 0 Å². The molecule has 7 atom stereocenters. The normalized spacial score (nSPS) is 37.5. The molecule has 0 heterocycles. The Balaban J connectivity index is 1.20. The molecule has 0 N–H and O–H groups in total. The van der Waals surface area contributed by atoms with Crippen molar-refractivity contribution in [1.82, 2.24) is 0 Å². The summed E-state index contributed by atoms with van der Waals surface area (Å²) < 4.78 is 0. The first-order valence-electron chi connectivity index (χ1n) is 15.4. The highest BCUT2D eigenvalue weighted by molar-refractivity contribution is 8.14. The second kappa shape index (κ2) is 11.4. The van der Waals surface area contributed by atoms with E-state index in [2.05, 4.69) is 26.8 Å². The summed E-state index contributed by atoms with van der Waals surface area (Å²) in [6.45, 7) is 7.63. The van der Waals surface area contributed by atoms with Gasteiger partial charge in [-0.3, -0.25) is 4.79 Å². The maximum absolute atomic E-state index is 12.9. The second-order valence-electron chi connectivity index (χ2n) is 13.3. The van der Waals surface area contributed by atoms with Gasteiger partial charge in [0.05, 0.1) is 0 Å². The number of hydrogen-bond donors (Lipinski definition) is 0. The van der Waals surface area contributed by atoms with Crippen molar-refractivity contribution in [2.45, 2.75) is 122 Å². The minimum Gasteiger partial charge on any atom is -0.282 e. The smallest absolute Gasteiger partial charge is 0.219 e. The molecule has 1 aromatic carbocycles. The SMILES string of the molecule is CCCCCCCC[C@H]1CC[C@H]2[C@H]3CC=C4C[C@@H](SC(=O)c5ccccc5)CC[C@]4(C)[C@H]3CC[C@]12C. The highest BCUT2D eigenvalue weighted by Crippen LogP contribution is 2.67. The van der Waals surface area contributed by atoms with Gasteiger partial charge < -0.3 is 0 Å². The molecule has 0 unspecified atom stereocenters. The molecule has 0 aromatic heterocycles. The van der Waals surface area contributed by atoms with Gasteiger partial charge in [0.1, 0.15) is 0 Å². The van der Waals surface area contributed by atoms with Gasteiger partial charge in [-0.25, -0.2) is 0 Å². The molecule has 0 aliphatic heterocycles. The van der Waals surface area contributed by atoms with E-state index in [1.54, 1.807) is 17.3 Å². The predicted molar refractivity (Wildman–Crippen MR) is 155 cm³/mol. The van der Waals surface area contributed by atoms with Crippen LogP contribution in [0.25, 0.3) is 0 Å². The van der Waals surface area contributed by atoms with Gasteiger partial charge in [0, 0.05) is 10.8 Å². The van der Waals surface area contributed by atoms with Crippen molar-refractivity contribution in [3.05, 3.63) is 47.5 Å². The number of unbranched alkanes of at least 4 members (excludes halogenated alkanes) is 5. The summed E-state index contributed by atoms with van der Waals surface area (Å²) in [5.74, 6) is 3.70. The molecule has 198 valence electrons. The maximum Gasteiger partial charge on any atom is 0.219 e. The van der Waals surface area contributed by atoms with E-state index < -0.39 is 0 Å². The van der Waals surface area contributed by atoms with Crippen LogP contribution in [-0.2, 0) is 0 Å². The molecule has 5 rings (SSSR count). The lowest BCUT2D eigenvalue weighted by atomic mass is 9.47. The van der Waals surface area contributed by atoms with E-state index in [9.17, 15) is 4.79 Å².